The third kappa shape index (κ3) is 4.09. The van der Waals surface area contributed by atoms with Gasteiger partial charge in [-0.05, 0) is 43.5 Å². The summed E-state index contributed by atoms with van der Waals surface area (Å²) in [6.45, 7) is 7.66. The quantitative estimate of drug-likeness (QED) is 0.438. The highest BCUT2D eigenvalue weighted by Crippen LogP contribution is 2.30. The van der Waals surface area contributed by atoms with Gasteiger partial charge in [-0.3, -0.25) is 19.3 Å². The van der Waals surface area contributed by atoms with E-state index in [0.29, 0.717) is 27.5 Å². The molecule has 4 aromatic rings. The van der Waals surface area contributed by atoms with Crippen LogP contribution in [0.25, 0.3) is 22.4 Å². The van der Waals surface area contributed by atoms with Gasteiger partial charge in [0.25, 0.3) is 5.56 Å². The minimum absolute atomic E-state index is 0.127. The maximum Gasteiger partial charge on any atom is 0.318 e. The summed E-state index contributed by atoms with van der Waals surface area (Å²) in [6, 6.07) is 12.1. The van der Waals surface area contributed by atoms with Crippen LogP contribution >= 0.6 is 11.8 Å². The second kappa shape index (κ2) is 8.70. The van der Waals surface area contributed by atoms with Crippen LogP contribution in [0, 0.1) is 19.8 Å². The van der Waals surface area contributed by atoms with Gasteiger partial charge in [0.1, 0.15) is 0 Å². The second-order valence-electron chi connectivity index (χ2n) is 8.20. The molecule has 33 heavy (non-hydrogen) atoms. The van der Waals surface area contributed by atoms with Gasteiger partial charge in [-0.1, -0.05) is 55.4 Å². The summed E-state index contributed by atoms with van der Waals surface area (Å²) >= 11 is 1.17. The lowest BCUT2D eigenvalue weighted by atomic mass is 10.1. The van der Waals surface area contributed by atoms with E-state index in [1.165, 1.54) is 11.8 Å². The topological polar surface area (TPSA) is 124 Å². The van der Waals surface area contributed by atoms with E-state index in [-0.39, 0.29) is 11.5 Å². The Balaban J connectivity index is 1.98. The highest BCUT2D eigenvalue weighted by molar-refractivity contribution is 8.00. The summed E-state index contributed by atoms with van der Waals surface area (Å²) < 4.78 is 3.32. The number of nitrogens with two attached hydrogens (primary N) is 1. The number of nitrogens with zero attached hydrogens (tertiary/aromatic N) is 4. The zero-order chi connectivity index (χ0) is 23.9. The van der Waals surface area contributed by atoms with Crippen molar-refractivity contribution >= 4 is 40.4 Å². The third-order valence-corrected chi connectivity index (χ3v) is 6.82. The molecule has 2 heterocycles. The molecule has 2 aromatic heterocycles. The maximum absolute atomic E-state index is 13.5. The van der Waals surface area contributed by atoms with E-state index >= 15 is 0 Å². The van der Waals surface area contributed by atoms with Gasteiger partial charge in [-0.25, -0.2) is 9.36 Å². The molecule has 0 saturated heterocycles. The van der Waals surface area contributed by atoms with Crippen LogP contribution in [-0.2, 0) is 4.79 Å². The molecule has 1 atom stereocenters. The van der Waals surface area contributed by atoms with Crippen LogP contribution < -0.4 is 16.6 Å². The van der Waals surface area contributed by atoms with Crippen molar-refractivity contribution in [3.05, 3.63) is 63.9 Å². The van der Waals surface area contributed by atoms with Crippen LogP contribution in [0.2, 0.25) is 0 Å². The van der Waals surface area contributed by atoms with Crippen LogP contribution in [0.4, 0.5) is 4.79 Å². The number of thioether (sulfide) groups is 1. The Morgan fingerprint density at radius 1 is 1.09 bits per heavy atom. The Morgan fingerprint density at radius 2 is 1.82 bits per heavy atom. The molecular formula is C23H24N6O3S. The van der Waals surface area contributed by atoms with Crippen molar-refractivity contribution in [2.24, 2.45) is 11.7 Å². The summed E-state index contributed by atoms with van der Waals surface area (Å²) in [5.41, 5.74) is 8.28. The number of aryl methyl sites for hydroxylation is 2. The molecule has 0 bridgehead atoms. The fourth-order valence-electron chi connectivity index (χ4n) is 3.83. The first-order valence-corrected chi connectivity index (χ1v) is 11.3. The van der Waals surface area contributed by atoms with Crippen LogP contribution in [-0.4, -0.2) is 36.4 Å². The van der Waals surface area contributed by atoms with Crippen molar-refractivity contribution < 1.29 is 9.59 Å². The van der Waals surface area contributed by atoms with E-state index in [4.69, 9.17) is 5.73 Å². The second-order valence-corrected chi connectivity index (χ2v) is 9.31. The fourth-order valence-corrected chi connectivity index (χ4v) is 4.87. The summed E-state index contributed by atoms with van der Waals surface area (Å²) in [7, 11) is 0. The standard InChI is InChI=1S/C23H24N6O3S/c1-12(2)18(19(30)25-21(24)32)33-23-27-26-22-28(16-10-9-13(3)11-14(16)4)20(31)15-7-5-6-8-17(15)29(22)23/h5-12,18H,1-4H3,(H3,24,25,30,32). The van der Waals surface area contributed by atoms with Gasteiger partial charge < -0.3 is 5.73 Å². The van der Waals surface area contributed by atoms with Gasteiger partial charge in [0.2, 0.25) is 11.7 Å². The maximum atomic E-state index is 13.5. The summed E-state index contributed by atoms with van der Waals surface area (Å²) in [4.78, 5) is 37.3. The first kappa shape index (κ1) is 22.5. The number of primary amides is 1. The SMILES string of the molecule is Cc1ccc(-n2c(=O)c3ccccc3n3c(SC(C(=O)NC(N)=O)C(C)C)nnc23)c(C)c1. The number of imide groups is 1. The molecule has 0 aliphatic rings. The van der Waals surface area contributed by atoms with E-state index in [1.54, 1.807) is 21.1 Å². The monoisotopic (exact) mass is 464 g/mol. The van der Waals surface area contributed by atoms with Crippen LogP contribution in [0.5, 0.6) is 0 Å². The van der Waals surface area contributed by atoms with Gasteiger partial charge in [-0.2, -0.15) is 0 Å². The predicted molar refractivity (Wildman–Crippen MR) is 128 cm³/mol. The van der Waals surface area contributed by atoms with Crippen molar-refractivity contribution in [1.82, 2.24) is 24.5 Å². The van der Waals surface area contributed by atoms with Gasteiger partial charge in [0, 0.05) is 0 Å². The highest BCUT2D eigenvalue weighted by Gasteiger charge is 2.28. The van der Waals surface area contributed by atoms with Gasteiger partial charge in [0.15, 0.2) is 5.16 Å². The molecule has 0 aliphatic heterocycles. The number of rotatable bonds is 5. The lowest BCUT2D eigenvalue weighted by Crippen LogP contribution is -2.42. The largest absolute Gasteiger partial charge is 0.351 e. The predicted octanol–water partition coefficient (Wildman–Crippen LogP) is 2.96. The smallest absolute Gasteiger partial charge is 0.318 e. The van der Waals surface area contributed by atoms with Crippen molar-refractivity contribution in [3.8, 4) is 5.69 Å². The molecule has 0 fully saturated rings. The number of hydrogen-bond acceptors (Lipinski definition) is 6. The molecule has 3 amide bonds. The van der Waals surface area contributed by atoms with Crippen LogP contribution in [0.15, 0.2) is 52.4 Å². The van der Waals surface area contributed by atoms with E-state index in [2.05, 4.69) is 15.5 Å². The number of fused-ring (bicyclic) bond motifs is 3. The molecule has 10 heteroatoms. The molecule has 9 nitrogen and oxygen atoms in total. The number of para-hydroxylation sites is 1. The fraction of sp³-hybridized carbons (Fsp3) is 0.261. The molecule has 3 N–H and O–H groups in total. The number of aromatic nitrogens is 4. The summed E-state index contributed by atoms with van der Waals surface area (Å²) in [5, 5.41) is 11.1. The van der Waals surface area contributed by atoms with Gasteiger partial charge >= 0.3 is 6.03 Å². The summed E-state index contributed by atoms with van der Waals surface area (Å²) in [5.74, 6) is -0.296. The molecule has 170 valence electrons. The van der Waals surface area contributed by atoms with Crippen LogP contribution in [0.3, 0.4) is 0 Å². The van der Waals surface area contributed by atoms with Gasteiger partial charge in [0.05, 0.1) is 21.8 Å². The Labute approximate surface area is 194 Å². The zero-order valence-corrected chi connectivity index (χ0v) is 19.5. The van der Waals surface area contributed by atoms with Crippen molar-refractivity contribution in [1.29, 1.82) is 0 Å². The Hall–Kier alpha value is -3.66. The number of carbonyl (C=O) groups is 2. The minimum atomic E-state index is -0.911. The van der Waals surface area contributed by atoms with Gasteiger partial charge in [-0.15, -0.1) is 10.2 Å². The molecule has 0 radical (unpaired) electrons. The number of urea groups is 1. The summed E-state index contributed by atoms with van der Waals surface area (Å²) in [6.07, 6.45) is 0. The average molecular weight is 465 g/mol. The van der Waals surface area contributed by atoms with E-state index in [1.807, 2.05) is 58.0 Å². The molecule has 0 aliphatic carbocycles. The van der Waals surface area contributed by atoms with E-state index in [0.717, 1.165) is 11.1 Å². The first-order valence-electron chi connectivity index (χ1n) is 10.4. The van der Waals surface area contributed by atoms with E-state index in [9.17, 15) is 14.4 Å². The third-order valence-electron chi connectivity index (χ3n) is 5.33. The molecule has 2 aromatic carbocycles. The Kier molecular flexibility index (Phi) is 5.94. The average Bonchev–Trinajstić information content (AvgIpc) is 3.16. The first-order chi connectivity index (χ1) is 15.7. The van der Waals surface area contributed by atoms with Crippen molar-refractivity contribution in [3.63, 3.8) is 0 Å². The lowest BCUT2D eigenvalue weighted by Gasteiger charge is -2.18. The normalized spacial score (nSPS) is 12.4. The molecule has 0 spiro atoms. The molecule has 0 saturated carbocycles. The highest BCUT2D eigenvalue weighted by atomic mass is 32.2. The lowest BCUT2D eigenvalue weighted by molar-refractivity contribution is -0.120. The van der Waals surface area contributed by atoms with E-state index < -0.39 is 17.2 Å². The number of amides is 3. The van der Waals surface area contributed by atoms with Crippen molar-refractivity contribution in [2.45, 2.75) is 38.1 Å². The Bertz CT molecular complexity index is 1460. The number of benzene rings is 2. The number of carbonyl (C=O) groups excluding carboxylic acids is 2. The minimum Gasteiger partial charge on any atom is -0.351 e. The zero-order valence-electron chi connectivity index (χ0n) is 18.7. The number of nitrogens with one attached hydrogen (secondary N) is 1. The molecule has 4 rings (SSSR count). The molecule has 1 unspecified atom stereocenters. The Morgan fingerprint density at radius 3 is 2.48 bits per heavy atom. The van der Waals surface area contributed by atoms with Crippen LogP contribution in [0.1, 0.15) is 25.0 Å². The number of hydrogen-bond donors (Lipinski definition) is 2. The molecular weight excluding hydrogens is 440 g/mol. The van der Waals surface area contributed by atoms with Crippen molar-refractivity contribution in [2.75, 3.05) is 0 Å².